The predicted molar refractivity (Wildman–Crippen MR) is 146 cm³/mol. The van der Waals surface area contributed by atoms with Gasteiger partial charge in [-0.3, -0.25) is 25.7 Å². The highest BCUT2D eigenvalue weighted by Crippen LogP contribution is 2.22. The van der Waals surface area contributed by atoms with Crippen LogP contribution in [0.1, 0.15) is 61.0 Å². The highest BCUT2D eigenvalue weighted by Gasteiger charge is 2.30. The van der Waals surface area contributed by atoms with Crippen molar-refractivity contribution in [1.29, 1.82) is 0 Å². The third-order valence-electron chi connectivity index (χ3n) is 5.34. The maximum absolute atomic E-state index is 13.0. The molecule has 8 heteroatoms. The van der Waals surface area contributed by atoms with Gasteiger partial charge in [0.25, 0.3) is 0 Å². The molecule has 0 bridgehead atoms. The van der Waals surface area contributed by atoms with E-state index in [1.807, 2.05) is 84.9 Å². The maximum atomic E-state index is 13.0. The molecule has 1 aromatic carbocycles. The molecule has 1 unspecified atom stereocenters. The van der Waals surface area contributed by atoms with Gasteiger partial charge in [-0.1, -0.05) is 78.8 Å². The van der Waals surface area contributed by atoms with E-state index in [2.05, 4.69) is 15.4 Å². The SMILES string of the molecule is CC.CC.CC.CCc1ccccc1N(O)C(C)C(=O)N1CCN(C2=NCC=CC=C2NO)CC1. The number of rotatable bonds is 5. The fourth-order valence-electron chi connectivity index (χ4n) is 3.63. The summed E-state index contributed by atoms with van der Waals surface area (Å²) in [4.78, 5) is 21.3. The van der Waals surface area contributed by atoms with Crippen LogP contribution in [0.2, 0.25) is 0 Å². The number of allylic oxidation sites excluding steroid dienone is 2. The minimum Gasteiger partial charge on any atom is -0.352 e. The molecule has 8 nitrogen and oxygen atoms in total. The molecule has 2 aliphatic rings. The molecule has 1 aromatic rings. The number of amides is 1. The van der Waals surface area contributed by atoms with E-state index in [0.29, 0.717) is 49.9 Å². The zero-order chi connectivity index (χ0) is 26.8. The summed E-state index contributed by atoms with van der Waals surface area (Å²) < 4.78 is 0. The van der Waals surface area contributed by atoms with Crippen molar-refractivity contribution in [2.75, 3.05) is 37.8 Å². The van der Waals surface area contributed by atoms with Gasteiger partial charge in [-0.15, -0.1) is 0 Å². The van der Waals surface area contributed by atoms with Crippen LogP contribution in [-0.4, -0.2) is 70.7 Å². The van der Waals surface area contributed by atoms with Crippen LogP contribution in [0, 0.1) is 0 Å². The molecular formula is C27H47N5O3. The number of piperazine rings is 1. The third-order valence-corrected chi connectivity index (χ3v) is 5.34. The van der Waals surface area contributed by atoms with E-state index in [-0.39, 0.29) is 5.91 Å². The van der Waals surface area contributed by atoms with Crippen molar-refractivity contribution < 1.29 is 15.2 Å². The van der Waals surface area contributed by atoms with E-state index < -0.39 is 6.04 Å². The molecule has 1 atom stereocenters. The largest absolute Gasteiger partial charge is 0.352 e. The lowest BCUT2D eigenvalue weighted by Crippen LogP contribution is -2.55. The average Bonchev–Trinajstić information content (AvgIpc) is 3.21. The fraction of sp³-hybridized carbons (Fsp3) is 0.556. The first-order chi connectivity index (χ1) is 17.1. The Morgan fingerprint density at radius 3 is 2.26 bits per heavy atom. The monoisotopic (exact) mass is 489 g/mol. The normalized spacial score (nSPS) is 15.4. The van der Waals surface area contributed by atoms with Crippen LogP contribution < -0.4 is 10.5 Å². The smallest absolute Gasteiger partial charge is 0.247 e. The van der Waals surface area contributed by atoms with Gasteiger partial charge in [-0.25, -0.2) is 5.06 Å². The highest BCUT2D eigenvalue weighted by atomic mass is 16.5. The average molecular weight is 490 g/mol. The molecule has 1 amide bonds. The van der Waals surface area contributed by atoms with E-state index in [4.69, 9.17) is 0 Å². The molecule has 1 fully saturated rings. The summed E-state index contributed by atoms with van der Waals surface area (Å²) in [5.41, 5.74) is 4.41. The minimum atomic E-state index is -0.678. The Morgan fingerprint density at radius 2 is 1.69 bits per heavy atom. The quantitative estimate of drug-likeness (QED) is 0.510. The number of carbonyl (C=O) groups is 1. The summed E-state index contributed by atoms with van der Waals surface area (Å²) in [5, 5.41) is 21.1. The molecule has 0 aliphatic carbocycles. The Hall–Kier alpha value is -2.84. The molecule has 3 N–H and O–H groups in total. The Morgan fingerprint density at radius 1 is 1.09 bits per heavy atom. The first-order valence-corrected chi connectivity index (χ1v) is 13.0. The lowest BCUT2D eigenvalue weighted by atomic mass is 10.1. The molecule has 3 rings (SSSR count). The van der Waals surface area contributed by atoms with E-state index in [1.165, 1.54) is 0 Å². The molecule has 0 saturated carbocycles. The number of hydroxylamine groups is 2. The molecule has 2 heterocycles. The van der Waals surface area contributed by atoms with Crippen molar-refractivity contribution in [3.63, 3.8) is 0 Å². The van der Waals surface area contributed by atoms with Gasteiger partial charge in [-0.05, 0) is 31.1 Å². The Labute approximate surface area is 212 Å². The van der Waals surface area contributed by atoms with Crippen molar-refractivity contribution in [1.82, 2.24) is 15.3 Å². The zero-order valence-corrected chi connectivity index (χ0v) is 23.0. The van der Waals surface area contributed by atoms with Gasteiger partial charge >= 0.3 is 0 Å². The number of aryl methyl sites for hydroxylation is 1. The molecule has 35 heavy (non-hydrogen) atoms. The van der Waals surface area contributed by atoms with Gasteiger partial charge in [0.1, 0.15) is 17.6 Å². The molecular weight excluding hydrogens is 442 g/mol. The van der Waals surface area contributed by atoms with Crippen LogP contribution in [0.5, 0.6) is 0 Å². The van der Waals surface area contributed by atoms with Crippen LogP contribution in [-0.2, 0) is 11.2 Å². The molecule has 198 valence electrons. The van der Waals surface area contributed by atoms with Crippen LogP contribution in [0.4, 0.5) is 5.69 Å². The van der Waals surface area contributed by atoms with Crippen molar-refractivity contribution in [3.05, 3.63) is 53.8 Å². The van der Waals surface area contributed by atoms with Crippen LogP contribution in [0.3, 0.4) is 0 Å². The summed E-state index contributed by atoms with van der Waals surface area (Å²) in [7, 11) is 0. The van der Waals surface area contributed by atoms with E-state index in [1.54, 1.807) is 17.9 Å². The number of para-hydroxylation sites is 1. The second-order valence-electron chi connectivity index (χ2n) is 7.10. The number of benzene rings is 1. The van der Waals surface area contributed by atoms with Gasteiger partial charge in [-0.2, -0.15) is 0 Å². The second-order valence-corrected chi connectivity index (χ2v) is 7.10. The van der Waals surface area contributed by atoms with Crippen molar-refractivity contribution in [2.45, 2.75) is 67.9 Å². The number of hydrogen-bond acceptors (Lipinski definition) is 7. The predicted octanol–water partition coefficient (Wildman–Crippen LogP) is 4.89. The number of amidine groups is 1. The summed E-state index contributed by atoms with van der Waals surface area (Å²) in [6, 6.07) is 6.89. The van der Waals surface area contributed by atoms with Crippen molar-refractivity contribution in [3.8, 4) is 0 Å². The van der Waals surface area contributed by atoms with Gasteiger partial charge in [0.05, 0.1) is 12.2 Å². The maximum Gasteiger partial charge on any atom is 0.247 e. The van der Waals surface area contributed by atoms with Gasteiger partial charge in [0.15, 0.2) is 0 Å². The number of nitrogens with one attached hydrogen (secondary N) is 1. The Balaban J connectivity index is 0.00000179. The second kappa shape index (κ2) is 18.5. The van der Waals surface area contributed by atoms with Gasteiger partial charge < -0.3 is 9.80 Å². The zero-order valence-electron chi connectivity index (χ0n) is 23.0. The number of anilines is 1. The molecule has 0 spiro atoms. The molecule has 0 radical (unpaired) electrons. The molecule has 1 saturated heterocycles. The lowest BCUT2D eigenvalue weighted by molar-refractivity contribution is -0.134. The van der Waals surface area contributed by atoms with E-state index >= 15 is 0 Å². The first kappa shape index (κ1) is 32.2. The topological polar surface area (TPSA) is 91.6 Å². The lowest BCUT2D eigenvalue weighted by Gasteiger charge is -2.38. The number of carbonyl (C=O) groups excluding carboxylic acids is 1. The van der Waals surface area contributed by atoms with E-state index in [9.17, 15) is 15.2 Å². The number of aliphatic imine (C=N–C) groups is 1. The molecule has 0 aromatic heterocycles. The number of hydrogen-bond donors (Lipinski definition) is 3. The summed E-state index contributed by atoms with van der Waals surface area (Å²) in [6.45, 7) is 18.5. The first-order valence-electron chi connectivity index (χ1n) is 13.0. The van der Waals surface area contributed by atoms with Crippen molar-refractivity contribution in [2.24, 2.45) is 4.99 Å². The Bertz CT molecular complexity index is 815. The highest BCUT2D eigenvalue weighted by molar-refractivity contribution is 5.98. The summed E-state index contributed by atoms with van der Waals surface area (Å²) >= 11 is 0. The van der Waals surface area contributed by atoms with Gasteiger partial charge in [0, 0.05) is 26.2 Å². The standard InChI is InChI=1S/C21H29N5O3.3C2H6/c1-3-17-8-4-5-10-19(17)26(29)16(2)21(27)25-14-12-24(13-15-25)20-18(23-28)9-6-7-11-22-20;3*1-2/h4-10,16,23,28-29H,3,11-15H2,1-2H3;3*1-2H3. The van der Waals surface area contributed by atoms with Crippen LogP contribution in [0.15, 0.2) is 53.2 Å². The fourth-order valence-corrected chi connectivity index (χ4v) is 3.63. The number of nitrogens with zero attached hydrogens (tertiary/aromatic N) is 4. The summed E-state index contributed by atoms with van der Waals surface area (Å²) in [6.07, 6.45) is 6.31. The van der Waals surface area contributed by atoms with Crippen molar-refractivity contribution >= 4 is 17.4 Å². The summed E-state index contributed by atoms with van der Waals surface area (Å²) in [5.74, 6) is 0.580. The third kappa shape index (κ3) is 9.03. The Kier molecular flexibility index (Phi) is 17.0. The molecule has 2 aliphatic heterocycles. The minimum absolute atomic E-state index is 0.112. The van der Waals surface area contributed by atoms with Gasteiger partial charge in [0.2, 0.25) is 5.91 Å². The van der Waals surface area contributed by atoms with Crippen LogP contribution in [0.25, 0.3) is 0 Å². The van der Waals surface area contributed by atoms with E-state index in [0.717, 1.165) is 17.0 Å². The van der Waals surface area contributed by atoms with Crippen LogP contribution >= 0.6 is 0 Å².